The van der Waals surface area contributed by atoms with Gasteiger partial charge < -0.3 is 31.5 Å². The minimum atomic E-state index is -1.32. The Hall–Kier alpha value is -1.85. The van der Waals surface area contributed by atoms with E-state index in [2.05, 4.69) is 21.3 Å². The van der Waals surface area contributed by atoms with Gasteiger partial charge in [-0.3, -0.25) is 14.4 Å². The second-order valence-corrected chi connectivity index (χ2v) is 8.75. The molecule has 6 N–H and O–H groups in total. The van der Waals surface area contributed by atoms with Crippen molar-refractivity contribution < 1.29 is 29.4 Å². The van der Waals surface area contributed by atoms with Gasteiger partial charge in [-0.2, -0.15) is 11.8 Å². The van der Waals surface area contributed by atoms with E-state index in [1.54, 1.807) is 0 Å². The van der Waals surface area contributed by atoms with Gasteiger partial charge in [0.05, 0.1) is 12.6 Å². The maximum atomic E-state index is 12.7. The van der Waals surface area contributed by atoms with Crippen LogP contribution in [0.15, 0.2) is 0 Å². The number of hydrogen-bond donors (Lipinski definition) is 6. The van der Waals surface area contributed by atoms with Gasteiger partial charge in [-0.25, -0.2) is 4.79 Å². The first-order valence-corrected chi connectivity index (χ1v) is 11.6. The zero-order valence-corrected chi connectivity index (χ0v) is 18.6. The number of aliphatic hydroxyl groups is 1. The van der Waals surface area contributed by atoms with Gasteiger partial charge in [-0.1, -0.05) is 13.8 Å². The van der Waals surface area contributed by atoms with Gasteiger partial charge >= 0.3 is 5.97 Å². The Morgan fingerprint density at radius 1 is 1.07 bits per heavy atom. The molecule has 1 aliphatic rings. The van der Waals surface area contributed by atoms with Crippen LogP contribution in [0.4, 0.5) is 0 Å². The molecule has 1 rings (SSSR count). The summed E-state index contributed by atoms with van der Waals surface area (Å²) in [6.45, 7) is 3.70. The Balaban J connectivity index is 2.75. The van der Waals surface area contributed by atoms with Crippen LogP contribution in [0.5, 0.6) is 0 Å². The van der Waals surface area contributed by atoms with Crippen LogP contribution in [0.3, 0.4) is 0 Å². The van der Waals surface area contributed by atoms with E-state index in [9.17, 15) is 29.4 Å². The highest BCUT2D eigenvalue weighted by Gasteiger charge is 2.31. The van der Waals surface area contributed by atoms with Gasteiger partial charge in [0, 0.05) is 0 Å². The summed E-state index contributed by atoms with van der Waals surface area (Å²) in [5.74, 6) is -2.20. The molecule has 1 heterocycles. The van der Waals surface area contributed by atoms with Crippen LogP contribution >= 0.6 is 11.8 Å². The molecule has 1 saturated heterocycles. The number of carboxylic acids is 1. The first-order chi connectivity index (χ1) is 14.2. The summed E-state index contributed by atoms with van der Waals surface area (Å²) in [5.41, 5.74) is 0. The average Bonchev–Trinajstić information content (AvgIpc) is 3.22. The Morgan fingerprint density at radius 3 is 2.20 bits per heavy atom. The number of carbonyl (C=O) groups excluding carboxylic acids is 3. The molecule has 11 heteroatoms. The maximum absolute atomic E-state index is 12.7. The van der Waals surface area contributed by atoms with Crippen molar-refractivity contribution in [1.82, 2.24) is 21.3 Å². The lowest BCUT2D eigenvalue weighted by Gasteiger charge is -2.24. The number of amides is 3. The molecule has 4 unspecified atom stereocenters. The van der Waals surface area contributed by atoms with Gasteiger partial charge in [-0.05, 0) is 50.2 Å². The molecular formula is C19H34N4O6S. The molecule has 0 aromatic carbocycles. The van der Waals surface area contributed by atoms with E-state index in [0.717, 1.165) is 13.0 Å². The molecule has 172 valence electrons. The van der Waals surface area contributed by atoms with Gasteiger partial charge in [0.2, 0.25) is 17.7 Å². The minimum absolute atomic E-state index is 0.0314. The summed E-state index contributed by atoms with van der Waals surface area (Å²) in [4.78, 5) is 48.9. The third kappa shape index (κ3) is 8.88. The number of hydrogen-bond acceptors (Lipinski definition) is 7. The fraction of sp³-hybridized carbons (Fsp3) is 0.789. The van der Waals surface area contributed by atoms with E-state index in [1.165, 1.54) is 11.8 Å². The normalized spacial score (nSPS) is 19.0. The van der Waals surface area contributed by atoms with E-state index in [4.69, 9.17) is 0 Å². The standard InChI is InChI=1S/C19H34N4O6S/c1-11(2)9-14(19(28)29)22-18(27)15(10-24)23-17(26)13(6-8-30-3)21-16(25)12-5-4-7-20-12/h11-15,20,24H,4-10H2,1-3H3,(H,21,25)(H,22,27)(H,23,26)(H,28,29). The number of carboxylic acid groups (broad SMARTS) is 1. The van der Waals surface area contributed by atoms with Gasteiger partial charge in [0.1, 0.15) is 18.1 Å². The lowest BCUT2D eigenvalue weighted by atomic mass is 10.0. The molecule has 0 aromatic heterocycles. The largest absolute Gasteiger partial charge is 0.480 e. The van der Waals surface area contributed by atoms with Crippen molar-refractivity contribution in [3.8, 4) is 0 Å². The van der Waals surface area contributed by atoms with Crippen LogP contribution in [-0.2, 0) is 19.2 Å². The molecule has 10 nitrogen and oxygen atoms in total. The fourth-order valence-corrected chi connectivity index (χ4v) is 3.59. The van der Waals surface area contributed by atoms with Crippen LogP contribution in [0.1, 0.15) is 39.5 Å². The van der Waals surface area contributed by atoms with E-state index >= 15 is 0 Å². The van der Waals surface area contributed by atoms with Crippen LogP contribution in [0.25, 0.3) is 0 Å². The highest BCUT2D eigenvalue weighted by Crippen LogP contribution is 2.08. The summed E-state index contributed by atoms with van der Waals surface area (Å²) in [5, 5.41) is 29.4. The van der Waals surface area contributed by atoms with Crippen molar-refractivity contribution >= 4 is 35.5 Å². The smallest absolute Gasteiger partial charge is 0.326 e. The van der Waals surface area contributed by atoms with Crippen LogP contribution in [0, 0.1) is 5.92 Å². The number of carbonyl (C=O) groups is 4. The van der Waals surface area contributed by atoms with Gasteiger partial charge in [0.25, 0.3) is 0 Å². The monoisotopic (exact) mass is 446 g/mol. The molecule has 3 amide bonds. The predicted molar refractivity (Wildman–Crippen MR) is 114 cm³/mol. The van der Waals surface area contributed by atoms with Crippen molar-refractivity contribution in [3.63, 3.8) is 0 Å². The molecule has 30 heavy (non-hydrogen) atoms. The van der Waals surface area contributed by atoms with Crippen molar-refractivity contribution in [2.24, 2.45) is 5.92 Å². The molecule has 0 aliphatic carbocycles. The second-order valence-electron chi connectivity index (χ2n) is 7.76. The first kappa shape index (κ1) is 26.2. The van der Waals surface area contributed by atoms with E-state index in [1.807, 2.05) is 20.1 Å². The van der Waals surface area contributed by atoms with Gasteiger partial charge in [-0.15, -0.1) is 0 Å². The number of thioether (sulfide) groups is 1. The molecule has 0 bridgehead atoms. The van der Waals surface area contributed by atoms with Crippen molar-refractivity contribution in [1.29, 1.82) is 0 Å². The molecule has 0 saturated carbocycles. The summed E-state index contributed by atoms with van der Waals surface area (Å²) in [6, 6.07) is -3.65. The van der Waals surface area contributed by atoms with E-state index < -0.39 is 42.5 Å². The lowest BCUT2D eigenvalue weighted by molar-refractivity contribution is -0.143. The molecule has 1 aliphatic heterocycles. The molecule has 1 fully saturated rings. The number of nitrogens with one attached hydrogen (secondary N) is 4. The topological polar surface area (TPSA) is 157 Å². The highest BCUT2D eigenvalue weighted by atomic mass is 32.2. The van der Waals surface area contributed by atoms with Crippen molar-refractivity contribution in [3.05, 3.63) is 0 Å². The summed E-state index contributed by atoms with van der Waals surface area (Å²) in [6.07, 6.45) is 4.02. The molecule has 0 aromatic rings. The summed E-state index contributed by atoms with van der Waals surface area (Å²) in [7, 11) is 0. The molecule has 0 radical (unpaired) electrons. The third-order valence-corrected chi connectivity index (χ3v) is 5.40. The number of aliphatic carboxylic acids is 1. The Labute approximate surface area is 181 Å². The van der Waals surface area contributed by atoms with Crippen LogP contribution in [0.2, 0.25) is 0 Å². The van der Waals surface area contributed by atoms with Crippen molar-refractivity contribution in [2.45, 2.75) is 63.7 Å². The predicted octanol–water partition coefficient (Wildman–Crippen LogP) is -0.931. The molecule has 0 spiro atoms. The van der Waals surface area contributed by atoms with E-state index in [-0.39, 0.29) is 24.3 Å². The zero-order chi connectivity index (χ0) is 22.7. The highest BCUT2D eigenvalue weighted by molar-refractivity contribution is 7.98. The fourth-order valence-electron chi connectivity index (χ4n) is 3.12. The Bertz CT molecular complexity index is 598. The molecular weight excluding hydrogens is 412 g/mol. The average molecular weight is 447 g/mol. The summed E-state index contributed by atoms with van der Waals surface area (Å²) >= 11 is 1.51. The number of aliphatic hydroxyl groups excluding tert-OH is 1. The SMILES string of the molecule is CSCCC(NC(=O)C1CCCN1)C(=O)NC(CO)C(=O)NC(CC(C)C)C(=O)O. The van der Waals surface area contributed by atoms with E-state index in [0.29, 0.717) is 18.6 Å². The van der Waals surface area contributed by atoms with Crippen molar-refractivity contribution in [2.75, 3.05) is 25.2 Å². The third-order valence-electron chi connectivity index (χ3n) is 4.76. The van der Waals surface area contributed by atoms with Crippen LogP contribution in [-0.4, -0.2) is 83.2 Å². The van der Waals surface area contributed by atoms with Crippen LogP contribution < -0.4 is 21.3 Å². The summed E-state index contributed by atoms with van der Waals surface area (Å²) < 4.78 is 0. The zero-order valence-electron chi connectivity index (χ0n) is 17.8. The molecule has 4 atom stereocenters. The number of rotatable bonds is 13. The Morgan fingerprint density at radius 2 is 1.70 bits per heavy atom. The maximum Gasteiger partial charge on any atom is 0.326 e. The quantitative estimate of drug-likeness (QED) is 0.212. The first-order valence-electron chi connectivity index (χ1n) is 10.2. The minimum Gasteiger partial charge on any atom is -0.480 e. The lowest BCUT2D eigenvalue weighted by Crippen LogP contribution is -2.58. The second kappa shape index (κ2) is 13.5. The van der Waals surface area contributed by atoms with Gasteiger partial charge in [0.15, 0.2) is 0 Å². The Kier molecular flexibility index (Phi) is 11.7.